The highest BCUT2D eigenvalue weighted by Gasteiger charge is 2.24. The maximum absolute atomic E-state index is 12.5. The normalized spacial score (nSPS) is 10.7. The molecule has 0 aliphatic heterocycles. The molecule has 0 fully saturated rings. The van der Waals surface area contributed by atoms with Crippen LogP contribution in [0.25, 0.3) is 10.8 Å². The van der Waals surface area contributed by atoms with Gasteiger partial charge in [-0.2, -0.15) is 0 Å². The van der Waals surface area contributed by atoms with Gasteiger partial charge in [0.05, 0.1) is 23.8 Å². The number of hydrogen-bond donors (Lipinski definition) is 4. The molecule has 152 valence electrons. The van der Waals surface area contributed by atoms with E-state index in [2.05, 4.69) is 0 Å². The van der Waals surface area contributed by atoms with E-state index in [9.17, 15) is 39.3 Å². The first-order chi connectivity index (χ1) is 13.5. The average molecular weight is 402 g/mol. The summed E-state index contributed by atoms with van der Waals surface area (Å²) in [5.41, 5.74) is -0.368. The molecule has 0 saturated carbocycles. The summed E-state index contributed by atoms with van der Waals surface area (Å²) in [6.45, 7) is 1.17. The number of Topliss-reactive ketones (excluding diaryl/α,β-unsaturated/α-hetero) is 4. The van der Waals surface area contributed by atoms with Crippen molar-refractivity contribution in [3.05, 3.63) is 29.3 Å². The number of aromatic hydroxyl groups is 3. The zero-order valence-corrected chi connectivity index (χ0v) is 15.4. The number of rotatable bonds is 9. The third kappa shape index (κ3) is 5.16. The maximum atomic E-state index is 12.5. The molecule has 9 nitrogen and oxygen atoms in total. The lowest BCUT2D eigenvalue weighted by molar-refractivity contribution is -0.140. The molecule has 4 N–H and O–H groups in total. The molecule has 0 spiro atoms. The SMILES string of the molecule is CC(=O)CC(=O)c1c(CC(=O)CC(=O)CC(=O)O)cc2cc(O)cc(O)c2c1O. The van der Waals surface area contributed by atoms with Gasteiger partial charge in [-0.15, -0.1) is 0 Å². The predicted molar refractivity (Wildman–Crippen MR) is 99.2 cm³/mol. The largest absolute Gasteiger partial charge is 0.508 e. The van der Waals surface area contributed by atoms with Crippen LogP contribution in [-0.2, 0) is 25.6 Å². The molecule has 0 aliphatic rings. The van der Waals surface area contributed by atoms with Gasteiger partial charge in [0.25, 0.3) is 0 Å². The van der Waals surface area contributed by atoms with Crippen LogP contribution >= 0.6 is 0 Å². The number of hydrogen-bond acceptors (Lipinski definition) is 8. The van der Waals surface area contributed by atoms with Crippen molar-refractivity contribution in [2.45, 2.75) is 32.6 Å². The first-order valence-electron chi connectivity index (χ1n) is 8.48. The lowest BCUT2D eigenvalue weighted by atomic mass is 9.91. The number of phenolic OH excluding ortho intramolecular Hbond substituents is 3. The van der Waals surface area contributed by atoms with Gasteiger partial charge in [-0.25, -0.2) is 0 Å². The van der Waals surface area contributed by atoms with Crippen LogP contribution in [0.5, 0.6) is 17.2 Å². The molecule has 9 heteroatoms. The summed E-state index contributed by atoms with van der Waals surface area (Å²) in [5.74, 6) is -5.67. The molecule has 0 bridgehead atoms. The van der Waals surface area contributed by atoms with E-state index in [0.717, 1.165) is 6.07 Å². The topological polar surface area (TPSA) is 166 Å². The minimum Gasteiger partial charge on any atom is -0.508 e. The standard InChI is InChI=1S/C20H18O9/c1-9(21)2-15(25)18-10(4-12(22)6-14(24)8-17(27)28)3-11-5-13(23)7-16(26)19(11)20(18)29/h3,5,7,23,26,29H,2,4,6,8H2,1H3,(H,27,28). The third-order valence-electron chi connectivity index (χ3n) is 4.08. The Kier molecular flexibility index (Phi) is 6.32. The highest BCUT2D eigenvalue weighted by molar-refractivity contribution is 6.14. The first kappa shape index (κ1) is 21.5. The lowest BCUT2D eigenvalue weighted by Crippen LogP contribution is -2.16. The molecular formula is C20H18O9. The van der Waals surface area contributed by atoms with Gasteiger partial charge >= 0.3 is 5.97 Å². The maximum Gasteiger partial charge on any atom is 0.310 e. The minimum absolute atomic E-state index is 0.0145. The average Bonchev–Trinajstić information content (AvgIpc) is 2.51. The van der Waals surface area contributed by atoms with E-state index in [1.54, 1.807) is 0 Å². The van der Waals surface area contributed by atoms with Crippen LogP contribution in [0.1, 0.15) is 42.1 Å². The number of carbonyl (C=O) groups is 5. The van der Waals surface area contributed by atoms with E-state index in [1.807, 2.05) is 0 Å². The fourth-order valence-corrected chi connectivity index (χ4v) is 3.03. The number of carboxylic acids is 1. The molecular weight excluding hydrogens is 384 g/mol. The fourth-order valence-electron chi connectivity index (χ4n) is 3.03. The molecule has 0 saturated heterocycles. The number of carboxylic acid groups (broad SMARTS) is 1. The molecule has 0 aromatic heterocycles. The van der Waals surface area contributed by atoms with Crippen LogP contribution in [0, 0.1) is 0 Å². The molecule has 0 radical (unpaired) electrons. The zero-order valence-electron chi connectivity index (χ0n) is 15.4. The Labute approximate surface area is 164 Å². The van der Waals surface area contributed by atoms with Gasteiger partial charge in [-0.05, 0) is 30.0 Å². The van der Waals surface area contributed by atoms with Crippen LogP contribution < -0.4 is 0 Å². The van der Waals surface area contributed by atoms with Crippen molar-refractivity contribution in [1.82, 2.24) is 0 Å². The zero-order chi connectivity index (χ0) is 21.9. The van der Waals surface area contributed by atoms with Crippen molar-refractivity contribution >= 4 is 39.9 Å². The van der Waals surface area contributed by atoms with Crippen molar-refractivity contribution in [1.29, 1.82) is 0 Å². The number of aliphatic carboxylic acids is 1. The van der Waals surface area contributed by atoms with Crippen molar-refractivity contribution in [3.8, 4) is 17.2 Å². The van der Waals surface area contributed by atoms with Gasteiger partial charge in [0.1, 0.15) is 35.2 Å². The number of benzene rings is 2. The van der Waals surface area contributed by atoms with Gasteiger partial charge in [0, 0.05) is 12.5 Å². The van der Waals surface area contributed by atoms with Gasteiger partial charge < -0.3 is 20.4 Å². The second-order valence-corrected chi connectivity index (χ2v) is 6.63. The monoisotopic (exact) mass is 402 g/mol. The van der Waals surface area contributed by atoms with Crippen molar-refractivity contribution in [3.63, 3.8) is 0 Å². The first-order valence-corrected chi connectivity index (χ1v) is 8.48. The van der Waals surface area contributed by atoms with Gasteiger partial charge in [-0.1, -0.05) is 0 Å². The summed E-state index contributed by atoms with van der Waals surface area (Å²) in [6, 6.07) is 3.43. The Morgan fingerprint density at radius 1 is 0.862 bits per heavy atom. The van der Waals surface area contributed by atoms with Gasteiger partial charge in [-0.3, -0.25) is 24.0 Å². The fraction of sp³-hybridized carbons (Fsp3) is 0.250. The molecule has 0 atom stereocenters. The molecule has 29 heavy (non-hydrogen) atoms. The second kappa shape index (κ2) is 8.51. The van der Waals surface area contributed by atoms with Crippen molar-refractivity contribution in [2.24, 2.45) is 0 Å². The highest BCUT2D eigenvalue weighted by atomic mass is 16.4. The summed E-state index contributed by atoms with van der Waals surface area (Å²) in [4.78, 5) is 58.2. The minimum atomic E-state index is -1.38. The van der Waals surface area contributed by atoms with E-state index in [-0.39, 0.29) is 27.6 Å². The van der Waals surface area contributed by atoms with E-state index < -0.39 is 66.3 Å². The van der Waals surface area contributed by atoms with Crippen LogP contribution in [0.4, 0.5) is 0 Å². The molecule has 0 amide bonds. The van der Waals surface area contributed by atoms with Gasteiger partial charge in [0.15, 0.2) is 11.6 Å². The lowest BCUT2D eigenvalue weighted by Gasteiger charge is -2.14. The van der Waals surface area contributed by atoms with Gasteiger partial charge in [0.2, 0.25) is 0 Å². The summed E-state index contributed by atoms with van der Waals surface area (Å²) in [7, 11) is 0. The molecule has 0 aliphatic carbocycles. The van der Waals surface area contributed by atoms with Crippen LogP contribution in [0.2, 0.25) is 0 Å². The number of phenols is 3. The van der Waals surface area contributed by atoms with Crippen LogP contribution in [0.15, 0.2) is 18.2 Å². The Balaban J connectivity index is 2.54. The van der Waals surface area contributed by atoms with Crippen LogP contribution in [0.3, 0.4) is 0 Å². The summed E-state index contributed by atoms with van der Waals surface area (Å²) >= 11 is 0. The van der Waals surface area contributed by atoms with Crippen molar-refractivity contribution in [2.75, 3.05) is 0 Å². The quantitative estimate of drug-likeness (QED) is 0.360. The predicted octanol–water partition coefficient (Wildman–Crippen LogP) is 1.66. The summed E-state index contributed by atoms with van der Waals surface area (Å²) in [5, 5.41) is 38.8. The molecule has 2 aromatic rings. The molecule has 0 unspecified atom stereocenters. The van der Waals surface area contributed by atoms with Crippen molar-refractivity contribution < 1.29 is 44.4 Å². The Hall–Kier alpha value is -3.75. The van der Waals surface area contributed by atoms with E-state index in [4.69, 9.17) is 5.11 Å². The van der Waals surface area contributed by atoms with E-state index in [0.29, 0.717) is 0 Å². The Morgan fingerprint density at radius 2 is 1.52 bits per heavy atom. The third-order valence-corrected chi connectivity index (χ3v) is 4.08. The summed E-state index contributed by atoms with van der Waals surface area (Å²) < 4.78 is 0. The molecule has 2 rings (SSSR count). The highest BCUT2D eigenvalue weighted by Crippen LogP contribution is 2.40. The van der Waals surface area contributed by atoms with E-state index >= 15 is 0 Å². The molecule has 2 aromatic carbocycles. The summed E-state index contributed by atoms with van der Waals surface area (Å²) in [6.07, 6.45) is -2.56. The Bertz CT molecular complexity index is 1050. The Morgan fingerprint density at radius 3 is 2.10 bits per heavy atom. The number of fused-ring (bicyclic) bond motifs is 1. The van der Waals surface area contributed by atoms with Crippen LogP contribution in [-0.4, -0.2) is 49.5 Å². The smallest absolute Gasteiger partial charge is 0.310 e. The van der Waals surface area contributed by atoms with E-state index in [1.165, 1.54) is 19.1 Å². The number of ketones is 4. The molecule has 0 heterocycles. The number of carbonyl (C=O) groups excluding carboxylic acids is 4. The second-order valence-electron chi connectivity index (χ2n) is 6.63.